The van der Waals surface area contributed by atoms with Crippen molar-refractivity contribution in [1.29, 1.82) is 0 Å². The maximum absolute atomic E-state index is 12.7. The topological polar surface area (TPSA) is 52.5 Å². The first kappa shape index (κ1) is 14.1. The molecule has 0 heterocycles. The third-order valence-electron chi connectivity index (χ3n) is 2.09. The standard InChI is InChI=1S/C10H11ClF3NO2/c11-6-1-2-9(15-7(4-16)5-17)8(3-6)10(12,13)14/h1-3,7,15-17H,4-5H2. The molecule has 96 valence electrons. The molecule has 0 radical (unpaired) electrons. The number of rotatable bonds is 4. The molecule has 0 aliphatic carbocycles. The molecule has 0 atom stereocenters. The molecule has 0 unspecified atom stereocenters. The van der Waals surface area contributed by atoms with Gasteiger partial charge in [-0.3, -0.25) is 0 Å². The van der Waals surface area contributed by atoms with Crippen LogP contribution in [0.3, 0.4) is 0 Å². The monoisotopic (exact) mass is 269 g/mol. The van der Waals surface area contributed by atoms with Gasteiger partial charge in [-0.2, -0.15) is 13.2 Å². The van der Waals surface area contributed by atoms with E-state index in [2.05, 4.69) is 5.32 Å². The molecular weight excluding hydrogens is 259 g/mol. The zero-order chi connectivity index (χ0) is 13.1. The zero-order valence-corrected chi connectivity index (χ0v) is 9.39. The molecule has 0 spiro atoms. The van der Waals surface area contributed by atoms with Crippen molar-refractivity contribution in [3.63, 3.8) is 0 Å². The summed E-state index contributed by atoms with van der Waals surface area (Å²) < 4.78 is 38.0. The predicted molar refractivity (Wildman–Crippen MR) is 58.0 cm³/mol. The highest BCUT2D eigenvalue weighted by Gasteiger charge is 2.34. The van der Waals surface area contributed by atoms with Crippen molar-refractivity contribution in [1.82, 2.24) is 0 Å². The summed E-state index contributed by atoms with van der Waals surface area (Å²) in [5.74, 6) is 0. The molecule has 0 aliphatic heterocycles. The van der Waals surface area contributed by atoms with Gasteiger partial charge in [-0.15, -0.1) is 0 Å². The van der Waals surface area contributed by atoms with Crippen LogP contribution < -0.4 is 5.32 Å². The largest absolute Gasteiger partial charge is 0.418 e. The molecular formula is C10H11ClF3NO2. The summed E-state index contributed by atoms with van der Waals surface area (Å²) >= 11 is 5.50. The van der Waals surface area contributed by atoms with Crippen molar-refractivity contribution in [2.45, 2.75) is 12.2 Å². The highest BCUT2D eigenvalue weighted by Crippen LogP contribution is 2.36. The van der Waals surface area contributed by atoms with Crippen molar-refractivity contribution in [3.8, 4) is 0 Å². The number of halogens is 4. The van der Waals surface area contributed by atoms with Gasteiger partial charge >= 0.3 is 6.18 Å². The van der Waals surface area contributed by atoms with Crippen LogP contribution >= 0.6 is 11.6 Å². The van der Waals surface area contributed by atoms with Crippen LogP contribution in [0.2, 0.25) is 5.02 Å². The fourth-order valence-electron chi connectivity index (χ4n) is 1.25. The average Bonchev–Trinajstić information content (AvgIpc) is 2.26. The molecule has 0 amide bonds. The van der Waals surface area contributed by atoms with Gasteiger partial charge in [-0.1, -0.05) is 11.6 Å². The van der Waals surface area contributed by atoms with Gasteiger partial charge in [0, 0.05) is 10.7 Å². The van der Waals surface area contributed by atoms with Crippen LogP contribution in [0.1, 0.15) is 5.56 Å². The van der Waals surface area contributed by atoms with Crippen LogP contribution in [0.15, 0.2) is 18.2 Å². The summed E-state index contributed by atoms with van der Waals surface area (Å²) in [5, 5.41) is 20.0. The molecule has 17 heavy (non-hydrogen) atoms. The number of aliphatic hydroxyl groups excluding tert-OH is 2. The van der Waals surface area contributed by atoms with E-state index in [0.29, 0.717) is 0 Å². The van der Waals surface area contributed by atoms with Crippen LogP contribution in [0.5, 0.6) is 0 Å². The van der Waals surface area contributed by atoms with E-state index in [1.807, 2.05) is 0 Å². The van der Waals surface area contributed by atoms with Gasteiger partial charge in [-0.25, -0.2) is 0 Å². The Morgan fingerprint density at radius 3 is 2.29 bits per heavy atom. The molecule has 0 bridgehead atoms. The quantitative estimate of drug-likeness (QED) is 0.785. The zero-order valence-electron chi connectivity index (χ0n) is 8.63. The fraction of sp³-hybridized carbons (Fsp3) is 0.400. The second-order valence-corrected chi connectivity index (χ2v) is 3.83. The lowest BCUT2D eigenvalue weighted by atomic mass is 10.1. The van der Waals surface area contributed by atoms with E-state index in [4.69, 9.17) is 21.8 Å². The van der Waals surface area contributed by atoms with Crippen molar-refractivity contribution < 1.29 is 23.4 Å². The molecule has 0 fully saturated rings. The maximum atomic E-state index is 12.7. The van der Waals surface area contributed by atoms with Crippen molar-refractivity contribution in [2.24, 2.45) is 0 Å². The smallest absolute Gasteiger partial charge is 0.394 e. The Morgan fingerprint density at radius 2 is 1.82 bits per heavy atom. The first-order chi connectivity index (χ1) is 7.88. The lowest BCUT2D eigenvalue weighted by Crippen LogP contribution is -2.28. The Labute approximate surface area is 101 Å². The maximum Gasteiger partial charge on any atom is 0.418 e. The van der Waals surface area contributed by atoms with E-state index in [1.54, 1.807) is 0 Å². The number of alkyl halides is 3. The van der Waals surface area contributed by atoms with Crippen LogP contribution in [-0.4, -0.2) is 29.5 Å². The van der Waals surface area contributed by atoms with Gasteiger partial charge in [0.2, 0.25) is 0 Å². The minimum atomic E-state index is -4.55. The first-order valence-corrected chi connectivity index (χ1v) is 5.11. The SMILES string of the molecule is OCC(CO)Nc1ccc(Cl)cc1C(F)(F)F. The van der Waals surface area contributed by atoms with Gasteiger partial charge in [-0.05, 0) is 18.2 Å². The number of anilines is 1. The second-order valence-electron chi connectivity index (χ2n) is 3.39. The lowest BCUT2D eigenvalue weighted by Gasteiger charge is -2.19. The number of aliphatic hydroxyl groups is 2. The average molecular weight is 270 g/mol. The molecule has 3 N–H and O–H groups in total. The Kier molecular flexibility index (Phi) is 4.62. The third-order valence-corrected chi connectivity index (χ3v) is 2.32. The van der Waals surface area contributed by atoms with Gasteiger partial charge in [0.15, 0.2) is 0 Å². The summed E-state index contributed by atoms with van der Waals surface area (Å²) in [7, 11) is 0. The highest BCUT2D eigenvalue weighted by molar-refractivity contribution is 6.30. The molecule has 3 nitrogen and oxygen atoms in total. The molecule has 0 aromatic heterocycles. The van der Waals surface area contributed by atoms with E-state index in [-0.39, 0.29) is 10.7 Å². The van der Waals surface area contributed by atoms with Crippen molar-refractivity contribution in [3.05, 3.63) is 28.8 Å². The van der Waals surface area contributed by atoms with Crippen molar-refractivity contribution in [2.75, 3.05) is 18.5 Å². The highest BCUT2D eigenvalue weighted by atomic mass is 35.5. The second kappa shape index (κ2) is 5.57. The van der Waals surface area contributed by atoms with E-state index in [0.717, 1.165) is 12.1 Å². The number of hydrogen-bond acceptors (Lipinski definition) is 3. The minimum absolute atomic E-state index is 0.0348. The van der Waals surface area contributed by atoms with E-state index in [9.17, 15) is 13.2 Å². The molecule has 7 heteroatoms. The summed E-state index contributed by atoms with van der Waals surface area (Å²) in [5.41, 5.74) is -1.16. The van der Waals surface area contributed by atoms with Crippen LogP contribution in [0, 0.1) is 0 Å². The van der Waals surface area contributed by atoms with E-state index >= 15 is 0 Å². The summed E-state index contributed by atoms with van der Waals surface area (Å²) in [6, 6.07) is 2.39. The molecule has 1 aromatic rings. The number of benzene rings is 1. The Hall–Kier alpha value is -0.980. The Morgan fingerprint density at radius 1 is 1.24 bits per heavy atom. The van der Waals surface area contributed by atoms with E-state index in [1.165, 1.54) is 6.07 Å². The minimum Gasteiger partial charge on any atom is -0.394 e. The lowest BCUT2D eigenvalue weighted by molar-refractivity contribution is -0.137. The summed E-state index contributed by atoms with van der Waals surface area (Å²) in [6.45, 7) is -0.952. The molecule has 0 aliphatic rings. The molecule has 0 saturated carbocycles. The molecule has 1 rings (SSSR count). The number of nitrogens with one attached hydrogen (secondary N) is 1. The molecule has 1 aromatic carbocycles. The Balaban J connectivity index is 3.06. The predicted octanol–water partition coefficient (Wildman–Crippen LogP) is 2.12. The summed E-state index contributed by atoms with van der Waals surface area (Å²) in [6.07, 6.45) is -4.55. The van der Waals surface area contributed by atoms with Gasteiger partial charge in [0.05, 0.1) is 24.8 Å². The number of hydrogen-bond donors (Lipinski definition) is 3. The molecule has 0 saturated heterocycles. The van der Waals surface area contributed by atoms with Crippen LogP contribution in [0.25, 0.3) is 0 Å². The fourth-order valence-corrected chi connectivity index (χ4v) is 1.42. The Bertz CT molecular complexity index is 380. The van der Waals surface area contributed by atoms with Crippen molar-refractivity contribution >= 4 is 17.3 Å². The van der Waals surface area contributed by atoms with Gasteiger partial charge in [0.1, 0.15) is 0 Å². The van der Waals surface area contributed by atoms with Gasteiger partial charge in [0.25, 0.3) is 0 Å². The summed E-state index contributed by atoms with van der Waals surface area (Å²) in [4.78, 5) is 0. The first-order valence-electron chi connectivity index (χ1n) is 4.73. The third kappa shape index (κ3) is 3.76. The van der Waals surface area contributed by atoms with Gasteiger partial charge < -0.3 is 15.5 Å². The van der Waals surface area contributed by atoms with Crippen LogP contribution in [-0.2, 0) is 6.18 Å². The van der Waals surface area contributed by atoms with Crippen LogP contribution in [0.4, 0.5) is 18.9 Å². The van der Waals surface area contributed by atoms with E-state index < -0.39 is 31.0 Å². The normalized spacial score (nSPS) is 11.9.